The number of carbonyl (C=O) groups excluding carboxylic acids is 1. The molecular formula is C16H26N2O. The summed E-state index contributed by atoms with van der Waals surface area (Å²) >= 11 is 0. The van der Waals surface area contributed by atoms with Crippen molar-refractivity contribution < 1.29 is 4.79 Å². The Balaban J connectivity index is 1.75. The fourth-order valence-electron chi connectivity index (χ4n) is 4.08. The van der Waals surface area contributed by atoms with Gasteiger partial charge in [-0.25, -0.2) is 0 Å². The smallest absolute Gasteiger partial charge is 0.226 e. The van der Waals surface area contributed by atoms with Crippen LogP contribution >= 0.6 is 0 Å². The topological polar surface area (TPSA) is 32.3 Å². The predicted molar refractivity (Wildman–Crippen MR) is 76.9 cm³/mol. The van der Waals surface area contributed by atoms with Gasteiger partial charge >= 0.3 is 0 Å². The van der Waals surface area contributed by atoms with E-state index < -0.39 is 0 Å². The Morgan fingerprint density at radius 1 is 1.21 bits per heavy atom. The summed E-state index contributed by atoms with van der Waals surface area (Å²) in [5.74, 6) is 0.689. The van der Waals surface area contributed by atoms with Crippen LogP contribution in [0.1, 0.15) is 51.4 Å². The highest BCUT2D eigenvalue weighted by Gasteiger charge is 2.43. The minimum atomic E-state index is 0.148. The van der Waals surface area contributed by atoms with E-state index in [0.29, 0.717) is 5.91 Å². The molecule has 3 nitrogen and oxygen atoms in total. The molecule has 2 fully saturated rings. The lowest BCUT2D eigenvalue weighted by molar-refractivity contribution is -0.145. The number of piperazine rings is 1. The van der Waals surface area contributed by atoms with Crippen LogP contribution in [0.25, 0.3) is 0 Å². The maximum atomic E-state index is 12.9. The van der Waals surface area contributed by atoms with Gasteiger partial charge in [-0.2, -0.15) is 0 Å². The Hall–Kier alpha value is -0.830. The van der Waals surface area contributed by atoms with Crippen LogP contribution in [0.3, 0.4) is 0 Å². The lowest BCUT2D eigenvalue weighted by Crippen LogP contribution is -2.64. The zero-order valence-electron chi connectivity index (χ0n) is 11.9. The van der Waals surface area contributed by atoms with Gasteiger partial charge in [0, 0.05) is 25.6 Å². The van der Waals surface area contributed by atoms with E-state index in [4.69, 9.17) is 0 Å². The Bertz CT molecular complexity index is 349. The van der Waals surface area contributed by atoms with Crippen LogP contribution < -0.4 is 5.32 Å². The second kappa shape index (κ2) is 5.66. The maximum Gasteiger partial charge on any atom is 0.226 e. The van der Waals surface area contributed by atoms with Crippen molar-refractivity contribution in [1.29, 1.82) is 0 Å². The summed E-state index contributed by atoms with van der Waals surface area (Å²) in [6.07, 6.45) is 13.8. The van der Waals surface area contributed by atoms with Gasteiger partial charge in [0.15, 0.2) is 0 Å². The van der Waals surface area contributed by atoms with Crippen molar-refractivity contribution in [3.63, 3.8) is 0 Å². The van der Waals surface area contributed by atoms with Crippen LogP contribution in [0.5, 0.6) is 0 Å². The maximum absolute atomic E-state index is 12.9. The molecule has 1 saturated heterocycles. The molecule has 1 unspecified atom stereocenters. The van der Waals surface area contributed by atoms with E-state index >= 15 is 0 Å². The molecular weight excluding hydrogens is 236 g/mol. The molecule has 1 saturated carbocycles. The van der Waals surface area contributed by atoms with Crippen LogP contribution in [0.2, 0.25) is 0 Å². The van der Waals surface area contributed by atoms with Gasteiger partial charge in [-0.1, -0.05) is 31.4 Å². The first-order valence-corrected chi connectivity index (χ1v) is 7.99. The van der Waals surface area contributed by atoms with Crippen molar-refractivity contribution in [2.75, 3.05) is 19.6 Å². The number of nitrogens with zero attached hydrogens (tertiary/aromatic N) is 1. The average Bonchev–Trinajstić information content (AvgIpc) is 2.49. The summed E-state index contributed by atoms with van der Waals surface area (Å²) in [6, 6.07) is 0. The first kappa shape index (κ1) is 13.2. The van der Waals surface area contributed by atoms with Crippen molar-refractivity contribution in [3.8, 4) is 0 Å². The Kier molecular flexibility index (Phi) is 3.92. The van der Waals surface area contributed by atoms with E-state index in [1.807, 2.05) is 0 Å². The van der Waals surface area contributed by atoms with Gasteiger partial charge in [0.1, 0.15) is 0 Å². The minimum absolute atomic E-state index is 0.148. The van der Waals surface area contributed by atoms with E-state index in [0.717, 1.165) is 38.9 Å². The molecule has 0 bridgehead atoms. The molecule has 19 heavy (non-hydrogen) atoms. The van der Waals surface area contributed by atoms with Crippen LogP contribution in [-0.2, 0) is 4.79 Å². The summed E-state index contributed by atoms with van der Waals surface area (Å²) in [7, 11) is 0. The molecule has 0 aromatic heterocycles. The quantitative estimate of drug-likeness (QED) is 0.736. The Labute approximate surface area is 116 Å². The zero-order chi connectivity index (χ0) is 13.1. The van der Waals surface area contributed by atoms with Gasteiger partial charge in [-0.3, -0.25) is 4.79 Å². The molecule has 3 aliphatic rings. The molecule has 1 heterocycles. The van der Waals surface area contributed by atoms with Crippen LogP contribution in [0.15, 0.2) is 12.2 Å². The fraction of sp³-hybridized carbons (Fsp3) is 0.812. The van der Waals surface area contributed by atoms with Crippen LogP contribution in [0, 0.1) is 5.92 Å². The lowest BCUT2D eigenvalue weighted by Gasteiger charge is -2.51. The Morgan fingerprint density at radius 2 is 2.05 bits per heavy atom. The molecule has 1 N–H and O–H groups in total. The monoisotopic (exact) mass is 262 g/mol. The summed E-state index contributed by atoms with van der Waals surface area (Å²) in [5, 5.41) is 3.53. The molecule has 2 aliphatic carbocycles. The third-order valence-electron chi connectivity index (χ3n) is 5.21. The largest absolute Gasteiger partial charge is 0.334 e. The summed E-state index contributed by atoms with van der Waals surface area (Å²) < 4.78 is 0. The van der Waals surface area contributed by atoms with Gasteiger partial charge in [0.25, 0.3) is 0 Å². The number of amides is 1. The molecule has 106 valence electrons. The fourth-order valence-corrected chi connectivity index (χ4v) is 4.08. The molecule has 0 aromatic carbocycles. The van der Waals surface area contributed by atoms with Crippen LogP contribution in [0.4, 0.5) is 0 Å². The highest BCUT2D eigenvalue weighted by atomic mass is 16.2. The van der Waals surface area contributed by atoms with Crippen molar-refractivity contribution >= 4 is 5.91 Å². The van der Waals surface area contributed by atoms with Crippen molar-refractivity contribution in [3.05, 3.63) is 12.2 Å². The molecule has 1 spiro atoms. The number of nitrogens with one attached hydrogen (secondary N) is 1. The second-order valence-electron chi connectivity index (χ2n) is 6.43. The van der Waals surface area contributed by atoms with Gasteiger partial charge < -0.3 is 10.2 Å². The summed E-state index contributed by atoms with van der Waals surface area (Å²) in [6.45, 7) is 2.90. The molecule has 0 radical (unpaired) electrons. The van der Waals surface area contributed by atoms with E-state index in [1.165, 1.54) is 32.1 Å². The van der Waals surface area contributed by atoms with Gasteiger partial charge in [0.05, 0.1) is 5.54 Å². The average molecular weight is 262 g/mol. The number of allylic oxidation sites excluding steroid dienone is 2. The molecule has 1 atom stereocenters. The first-order chi connectivity index (χ1) is 9.32. The predicted octanol–water partition coefficient (Wildman–Crippen LogP) is 2.48. The minimum Gasteiger partial charge on any atom is -0.334 e. The number of rotatable bonds is 1. The SMILES string of the molecule is O=C(C1CC=CCC1)N1CCNCC12CCCCC2. The van der Waals surface area contributed by atoms with Crippen molar-refractivity contribution in [2.45, 2.75) is 56.9 Å². The van der Waals surface area contributed by atoms with Gasteiger partial charge in [0.2, 0.25) is 5.91 Å². The zero-order valence-corrected chi connectivity index (χ0v) is 11.9. The summed E-state index contributed by atoms with van der Waals surface area (Å²) in [4.78, 5) is 15.2. The standard InChI is InChI=1S/C16H26N2O/c19-15(14-7-3-1-4-8-14)18-12-11-17-13-16(18)9-5-2-6-10-16/h1,3,14,17H,2,4-13H2. The van der Waals surface area contributed by atoms with Crippen LogP contribution in [-0.4, -0.2) is 36.0 Å². The van der Waals surface area contributed by atoms with E-state index in [9.17, 15) is 4.79 Å². The molecule has 0 aromatic rings. The van der Waals surface area contributed by atoms with Gasteiger partial charge in [-0.15, -0.1) is 0 Å². The van der Waals surface area contributed by atoms with E-state index in [2.05, 4.69) is 22.4 Å². The molecule has 3 rings (SSSR count). The Morgan fingerprint density at radius 3 is 2.79 bits per heavy atom. The van der Waals surface area contributed by atoms with Gasteiger partial charge in [-0.05, 0) is 32.1 Å². The molecule has 1 aliphatic heterocycles. The molecule has 3 heteroatoms. The van der Waals surface area contributed by atoms with Crippen molar-refractivity contribution in [1.82, 2.24) is 10.2 Å². The summed E-state index contributed by atoms with van der Waals surface area (Å²) in [5.41, 5.74) is 0.148. The first-order valence-electron chi connectivity index (χ1n) is 7.99. The normalized spacial score (nSPS) is 30.5. The molecule has 1 amide bonds. The second-order valence-corrected chi connectivity index (χ2v) is 6.43. The van der Waals surface area contributed by atoms with E-state index in [-0.39, 0.29) is 11.5 Å². The van der Waals surface area contributed by atoms with Crippen molar-refractivity contribution in [2.24, 2.45) is 5.92 Å². The third-order valence-corrected chi connectivity index (χ3v) is 5.21. The lowest BCUT2D eigenvalue weighted by atomic mass is 9.78. The highest BCUT2D eigenvalue weighted by molar-refractivity contribution is 5.80. The van der Waals surface area contributed by atoms with E-state index in [1.54, 1.807) is 0 Å². The number of hydrogen-bond acceptors (Lipinski definition) is 2. The number of carbonyl (C=O) groups is 1. The third kappa shape index (κ3) is 2.58. The highest BCUT2D eigenvalue weighted by Crippen LogP contribution is 2.36. The number of hydrogen-bond donors (Lipinski definition) is 1.